The molecule has 3 aromatic heterocycles. The molecule has 57 heavy (non-hydrogen) atoms. The molecule has 0 bridgehead atoms. The van der Waals surface area contributed by atoms with E-state index in [9.17, 15) is 0 Å². The Kier molecular flexibility index (Phi) is 10.4. The SMILES string of the molecule is CC(C)c1ccc2c(-c3nc4ccccc4n3-c3c(-c4ccccc4)cc(C(C)(C)C)cc3-c3ccccc3)[c-]oc2c1.[2H]C([2H])([2H])c1ccc(-c2[c-]cccc2)nc1.[Ir]. The fraction of sp³-hybridized carbons (Fsp3) is 0.154. The molecule has 0 aliphatic carbocycles. The summed E-state index contributed by atoms with van der Waals surface area (Å²) in [7, 11) is 0. The molecule has 1 radical (unpaired) electrons. The summed E-state index contributed by atoms with van der Waals surface area (Å²) >= 11 is 0. The van der Waals surface area contributed by atoms with Crippen molar-refractivity contribution in [2.75, 3.05) is 0 Å². The number of hydrogen-bond donors (Lipinski definition) is 0. The van der Waals surface area contributed by atoms with Crippen LogP contribution in [0.4, 0.5) is 0 Å². The number of para-hydroxylation sites is 2. The second kappa shape index (κ2) is 16.7. The van der Waals surface area contributed by atoms with Crippen LogP contribution in [0.15, 0.2) is 162 Å². The smallest absolute Gasteiger partial charge is 0.0774 e. The van der Waals surface area contributed by atoms with Gasteiger partial charge in [0.05, 0.1) is 22.5 Å². The molecule has 9 aromatic rings. The van der Waals surface area contributed by atoms with E-state index < -0.39 is 6.85 Å². The van der Waals surface area contributed by atoms with Crippen molar-refractivity contribution in [3.63, 3.8) is 0 Å². The summed E-state index contributed by atoms with van der Waals surface area (Å²) in [6.45, 7) is 9.15. The standard InChI is InChI=1S/C40H35N2O.C12H10N.Ir/c1-26(2)29-20-21-31-34(25-43-37(31)22-29)39-41-35-18-12-13-19-36(35)42(39)38-32(27-14-8-6-9-15-27)23-30(40(3,4)5)24-33(38)28-16-10-7-11-17-28;1-10-7-8-12(13-9-10)11-5-3-2-4-6-11;/h6-24,26H,1-5H3;2-5,7-9H,1H3;/q2*-1;/i;1D3;. The molecule has 0 unspecified atom stereocenters. The average Bonchev–Trinajstić information content (AvgIpc) is 3.85. The summed E-state index contributed by atoms with van der Waals surface area (Å²) in [5.74, 6) is 1.22. The Balaban J connectivity index is 0.000000270. The van der Waals surface area contributed by atoms with Crippen molar-refractivity contribution >= 4 is 22.0 Å². The topological polar surface area (TPSA) is 43.9 Å². The maximum atomic E-state index is 7.23. The summed E-state index contributed by atoms with van der Waals surface area (Å²) in [6.07, 6.45) is 4.66. The molecule has 0 saturated heterocycles. The summed E-state index contributed by atoms with van der Waals surface area (Å²) in [6, 6.07) is 54.8. The minimum atomic E-state index is -2.09. The van der Waals surface area contributed by atoms with Crippen LogP contribution in [-0.4, -0.2) is 14.5 Å². The van der Waals surface area contributed by atoms with Gasteiger partial charge in [0, 0.05) is 53.4 Å². The molecule has 3 heterocycles. The molecule has 0 aliphatic heterocycles. The van der Waals surface area contributed by atoms with E-state index in [1.807, 2.05) is 18.2 Å². The molecular formula is C52H45IrN3O-2. The van der Waals surface area contributed by atoms with Crippen LogP contribution in [0.1, 0.15) is 61.3 Å². The van der Waals surface area contributed by atoms with Crippen LogP contribution in [0.5, 0.6) is 0 Å². The van der Waals surface area contributed by atoms with Crippen molar-refractivity contribution in [1.82, 2.24) is 14.5 Å². The van der Waals surface area contributed by atoms with Gasteiger partial charge in [-0.1, -0.05) is 148 Å². The zero-order chi connectivity index (χ0) is 41.3. The molecule has 9 rings (SSSR count). The summed E-state index contributed by atoms with van der Waals surface area (Å²) in [4.78, 5) is 9.38. The van der Waals surface area contributed by atoms with Crippen molar-refractivity contribution in [3.05, 3.63) is 187 Å². The molecule has 0 saturated carbocycles. The third-order valence-corrected chi connectivity index (χ3v) is 10.1. The number of benzene rings is 6. The molecule has 5 heteroatoms. The molecule has 6 aromatic carbocycles. The predicted molar refractivity (Wildman–Crippen MR) is 232 cm³/mol. The van der Waals surface area contributed by atoms with E-state index in [0.717, 1.165) is 72.6 Å². The van der Waals surface area contributed by atoms with Crippen LogP contribution < -0.4 is 0 Å². The zero-order valence-corrected chi connectivity index (χ0v) is 35.1. The molecule has 0 N–H and O–H groups in total. The number of aromatic nitrogens is 3. The van der Waals surface area contributed by atoms with E-state index in [1.165, 1.54) is 17.3 Å². The van der Waals surface area contributed by atoms with Crippen LogP contribution in [0, 0.1) is 19.2 Å². The second-order valence-corrected chi connectivity index (χ2v) is 15.4. The van der Waals surface area contributed by atoms with E-state index in [2.05, 4.69) is 172 Å². The van der Waals surface area contributed by atoms with Gasteiger partial charge in [-0.25, -0.2) is 0 Å². The van der Waals surface area contributed by atoms with E-state index in [1.54, 1.807) is 18.2 Å². The first-order valence-electron chi connectivity index (χ1n) is 20.5. The number of pyridine rings is 1. The number of furan rings is 1. The molecule has 285 valence electrons. The maximum absolute atomic E-state index is 7.23. The third kappa shape index (κ3) is 8.18. The Morgan fingerprint density at radius 1 is 0.737 bits per heavy atom. The average molecular weight is 923 g/mol. The minimum Gasteiger partial charge on any atom is -0.557 e. The van der Waals surface area contributed by atoms with Gasteiger partial charge < -0.3 is 14.0 Å². The van der Waals surface area contributed by atoms with Gasteiger partial charge in [-0.2, -0.15) is 0 Å². The quantitative estimate of drug-likeness (QED) is 0.156. The van der Waals surface area contributed by atoms with Gasteiger partial charge in [0.1, 0.15) is 0 Å². The van der Waals surface area contributed by atoms with Gasteiger partial charge in [0.2, 0.25) is 0 Å². The van der Waals surface area contributed by atoms with Crippen LogP contribution in [0.2, 0.25) is 0 Å². The second-order valence-electron chi connectivity index (χ2n) is 15.4. The first kappa shape index (κ1) is 35.5. The Hall–Kier alpha value is -5.87. The Morgan fingerprint density at radius 3 is 2.00 bits per heavy atom. The van der Waals surface area contributed by atoms with E-state index in [0.29, 0.717) is 5.92 Å². The third-order valence-electron chi connectivity index (χ3n) is 10.1. The van der Waals surface area contributed by atoms with E-state index in [-0.39, 0.29) is 31.1 Å². The van der Waals surface area contributed by atoms with Gasteiger partial charge >= 0.3 is 0 Å². The normalized spacial score (nSPS) is 12.4. The summed E-state index contributed by atoms with van der Waals surface area (Å²) in [5.41, 5.74) is 13.7. The molecule has 0 aliphatic rings. The zero-order valence-electron chi connectivity index (χ0n) is 35.7. The van der Waals surface area contributed by atoms with E-state index >= 15 is 0 Å². The van der Waals surface area contributed by atoms with Crippen LogP contribution in [0.3, 0.4) is 0 Å². The number of rotatable bonds is 6. The predicted octanol–water partition coefficient (Wildman–Crippen LogP) is 13.8. The van der Waals surface area contributed by atoms with Crippen molar-refractivity contribution < 1.29 is 28.6 Å². The van der Waals surface area contributed by atoms with Crippen LogP contribution in [-0.2, 0) is 25.5 Å². The van der Waals surface area contributed by atoms with Gasteiger partial charge in [-0.15, -0.1) is 42.0 Å². The fourth-order valence-corrected chi connectivity index (χ4v) is 7.03. The Morgan fingerprint density at radius 2 is 1.40 bits per heavy atom. The van der Waals surface area contributed by atoms with Gasteiger partial charge in [-0.05, 0) is 70.4 Å². The maximum Gasteiger partial charge on any atom is 0.0774 e. The monoisotopic (exact) mass is 923 g/mol. The first-order chi connectivity index (χ1) is 28.4. The van der Waals surface area contributed by atoms with Crippen molar-refractivity contribution in [1.29, 1.82) is 0 Å². The molecule has 0 spiro atoms. The van der Waals surface area contributed by atoms with Crippen molar-refractivity contribution in [2.45, 2.75) is 52.8 Å². The number of aryl methyl sites for hydroxylation is 1. The number of hydrogen-bond acceptors (Lipinski definition) is 3. The number of fused-ring (bicyclic) bond motifs is 2. The molecule has 0 amide bonds. The van der Waals surface area contributed by atoms with Crippen LogP contribution >= 0.6 is 0 Å². The largest absolute Gasteiger partial charge is 0.557 e. The van der Waals surface area contributed by atoms with Crippen molar-refractivity contribution in [3.8, 4) is 50.6 Å². The van der Waals surface area contributed by atoms with E-state index in [4.69, 9.17) is 13.5 Å². The molecule has 4 nitrogen and oxygen atoms in total. The Labute approximate surface area is 353 Å². The number of nitrogens with zero attached hydrogens (tertiary/aromatic N) is 3. The Bertz CT molecular complexity index is 2800. The minimum absolute atomic E-state index is 0. The summed E-state index contributed by atoms with van der Waals surface area (Å²) in [5, 5.41) is 1.01. The van der Waals surface area contributed by atoms with Crippen molar-refractivity contribution in [2.24, 2.45) is 0 Å². The molecule has 0 atom stereocenters. The molecule has 0 fully saturated rings. The van der Waals surface area contributed by atoms with Gasteiger partial charge in [-0.3, -0.25) is 4.98 Å². The number of imidazole rings is 1. The van der Waals surface area contributed by atoms with Gasteiger partial charge in [0.25, 0.3) is 0 Å². The van der Waals surface area contributed by atoms with Gasteiger partial charge in [0.15, 0.2) is 0 Å². The first-order valence-corrected chi connectivity index (χ1v) is 19.0. The summed E-state index contributed by atoms with van der Waals surface area (Å²) < 4.78 is 30.1. The van der Waals surface area contributed by atoms with Crippen LogP contribution in [0.25, 0.3) is 72.6 Å². The molecular weight excluding hydrogens is 875 g/mol. The fourth-order valence-electron chi connectivity index (χ4n) is 7.03.